The summed E-state index contributed by atoms with van der Waals surface area (Å²) < 4.78 is 279. The van der Waals surface area contributed by atoms with Gasteiger partial charge in [-0.3, -0.25) is 0 Å². The maximum atomic E-state index is 9.96. The molecule has 0 saturated carbocycles. The number of aromatic nitrogens is 2. The second kappa shape index (κ2) is 11.8. The number of nitrogens with zero attached hydrogens (tertiary/aromatic N) is 2. The minimum Gasteiger partial charge on any atom is -0.309 e. The summed E-state index contributed by atoms with van der Waals surface area (Å²) in [4.78, 5) is 0. The van der Waals surface area contributed by atoms with E-state index in [-0.39, 0.29) is 5.56 Å². The standard InChI is InChI=1S/C49H34N2/c1-33-29-39(32-45-43-20-9-11-22-47(43)51(49(33)45)41-18-12-17-37(30-41)35-15-6-3-7-16-35)38-25-28-48-44(31-38)42-19-8-10-21-46(42)50(48)40-26-23-36(24-27-40)34-13-4-2-5-14-34/h2-32H,1H3/i2D,3D,4D,5D,6D,7D,8D,9D,10D,11D,12D,13D,14D,15D,16D,17D,18D,19D,20D,21D,22D,23D,24D,25D,26D,27D,28D,29D,30D,31D,32D. The number of aryl methyl sites for hydroxylation is 1. The summed E-state index contributed by atoms with van der Waals surface area (Å²) >= 11 is 0. The molecule has 0 radical (unpaired) electrons. The molecule has 2 nitrogen and oxygen atoms in total. The van der Waals surface area contributed by atoms with E-state index in [1.807, 2.05) is 0 Å². The van der Waals surface area contributed by atoms with E-state index in [1.54, 1.807) is 0 Å². The second-order valence-electron chi connectivity index (χ2n) is 11.0. The van der Waals surface area contributed by atoms with Crippen LogP contribution in [0.15, 0.2) is 187 Å². The molecule has 8 aromatic carbocycles. The van der Waals surface area contributed by atoms with Crippen LogP contribution in [0.4, 0.5) is 0 Å². The lowest BCUT2D eigenvalue weighted by molar-refractivity contribution is 1.17. The molecular formula is C49H34N2. The first-order chi connectivity index (χ1) is 38.1. The molecule has 0 aliphatic rings. The summed E-state index contributed by atoms with van der Waals surface area (Å²) in [5.41, 5.74) is -8.74. The SMILES string of the molecule is [2H]c1c([2H])c([2H])c(-c2c([2H])c([2H])c(-n3c4c([2H])c([2H])c([2H])c([2H])c4c4c([2H])c(-c5c([2H])c(C)c6c(c5[2H])c5c([2H])c([2H])c([2H])c([2H])c5n6-c5c([2H])c([2H])c([2H])c(-c6c([2H])c([2H])c([2H])c([2H])c6[2H])c5[2H])c([2H])c([2H])c43)c([2H])c2[2H])c([2H])c1[2H]. The largest absolute Gasteiger partial charge is 0.309 e. The molecule has 2 aromatic heterocycles. The smallest absolute Gasteiger partial charge is 0.0651 e. The first kappa shape index (κ1) is 11.7. The maximum Gasteiger partial charge on any atom is 0.0651 e. The van der Waals surface area contributed by atoms with Gasteiger partial charge in [0.05, 0.1) is 64.6 Å². The van der Waals surface area contributed by atoms with Crippen molar-refractivity contribution in [2.24, 2.45) is 0 Å². The zero-order valence-corrected chi connectivity index (χ0v) is 25.9. The van der Waals surface area contributed by atoms with E-state index in [0.29, 0.717) is 4.57 Å². The van der Waals surface area contributed by atoms with E-state index >= 15 is 0 Å². The fourth-order valence-electron chi connectivity index (χ4n) is 5.95. The van der Waals surface area contributed by atoms with Gasteiger partial charge in [-0.25, -0.2) is 0 Å². The van der Waals surface area contributed by atoms with Crippen LogP contribution < -0.4 is 0 Å². The Hall–Kier alpha value is -6.64. The monoisotopic (exact) mass is 681 g/mol. The summed E-state index contributed by atoms with van der Waals surface area (Å²) in [5, 5.41) is -2.26. The molecule has 2 heterocycles. The number of para-hydroxylation sites is 2. The Balaban J connectivity index is 1.38. The summed E-state index contributed by atoms with van der Waals surface area (Å²) in [7, 11) is 0. The Kier molecular flexibility index (Phi) is 2.70. The normalized spacial score (nSPS) is 20.1. The van der Waals surface area contributed by atoms with E-state index in [9.17, 15) is 16.4 Å². The van der Waals surface area contributed by atoms with Gasteiger partial charge in [-0.15, -0.1) is 0 Å². The molecule has 0 aliphatic carbocycles. The van der Waals surface area contributed by atoms with Crippen molar-refractivity contribution in [3.8, 4) is 44.8 Å². The van der Waals surface area contributed by atoms with Crippen molar-refractivity contribution in [1.29, 1.82) is 0 Å². The number of hydrogen-bond acceptors (Lipinski definition) is 0. The van der Waals surface area contributed by atoms with Gasteiger partial charge in [0.15, 0.2) is 0 Å². The van der Waals surface area contributed by atoms with Crippen LogP contribution in [-0.2, 0) is 0 Å². The Morgan fingerprint density at radius 3 is 1.57 bits per heavy atom. The molecule has 10 rings (SSSR count). The Morgan fingerprint density at radius 2 is 0.843 bits per heavy atom. The number of rotatable bonds is 5. The molecule has 10 aromatic rings. The third-order valence-electron chi connectivity index (χ3n) is 8.10. The molecule has 51 heavy (non-hydrogen) atoms. The summed E-state index contributed by atoms with van der Waals surface area (Å²) in [6.45, 7) is 1.22. The minimum absolute atomic E-state index is 0.323. The van der Waals surface area contributed by atoms with Gasteiger partial charge in [0.1, 0.15) is 0 Å². The summed E-state index contributed by atoms with van der Waals surface area (Å²) in [6.07, 6.45) is 0. The molecule has 0 atom stereocenters. The number of hydrogen-bond donors (Lipinski definition) is 0. The van der Waals surface area contributed by atoms with Crippen molar-refractivity contribution >= 4 is 43.6 Å². The van der Waals surface area contributed by atoms with Crippen LogP contribution in [0.5, 0.6) is 0 Å². The van der Waals surface area contributed by atoms with Gasteiger partial charge in [-0.1, -0.05) is 127 Å². The Morgan fingerprint density at radius 1 is 0.333 bits per heavy atom. The molecule has 0 bridgehead atoms. The molecule has 0 spiro atoms. The zero-order chi connectivity index (χ0) is 60.9. The third-order valence-corrected chi connectivity index (χ3v) is 8.10. The van der Waals surface area contributed by atoms with Gasteiger partial charge in [0.25, 0.3) is 0 Å². The fourth-order valence-corrected chi connectivity index (χ4v) is 5.95. The molecular weight excluding hydrogens is 617 g/mol. The fraction of sp³-hybridized carbons (Fsp3) is 0.0204. The summed E-state index contributed by atoms with van der Waals surface area (Å²) in [6, 6.07) is -28.6. The Bertz CT molecular complexity index is 4620. The topological polar surface area (TPSA) is 9.86 Å². The van der Waals surface area contributed by atoms with Crippen LogP contribution in [0.1, 0.15) is 48.1 Å². The molecule has 0 fully saturated rings. The van der Waals surface area contributed by atoms with Crippen molar-refractivity contribution in [3.05, 3.63) is 193 Å². The van der Waals surface area contributed by atoms with Crippen molar-refractivity contribution < 1.29 is 42.5 Å². The van der Waals surface area contributed by atoms with E-state index in [0.717, 1.165) is 4.57 Å². The zero-order valence-electron chi connectivity index (χ0n) is 56.9. The van der Waals surface area contributed by atoms with E-state index in [1.165, 1.54) is 6.92 Å². The first-order valence-corrected chi connectivity index (χ1v) is 15.1. The van der Waals surface area contributed by atoms with E-state index in [2.05, 4.69) is 0 Å². The van der Waals surface area contributed by atoms with Crippen LogP contribution in [0.3, 0.4) is 0 Å². The lowest BCUT2D eigenvalue weighted by Crippen LogP contribution is -1.96. The van der Waals surface area contributed by atoms with Crippen LogP contribution >= 0.6 is 0 Å². The quantitative estimate of drug-likeness (QED) is 0.171. The molecule has 240 valence electrons. The highest BCUT2D eigenvalue weighted by Gasteiger charge is 2.18. The van der Waals surface area contributed by atoms with Crippen LogP contribution in [0.2, 0.25) is 0 Å². The van der Waals surface area contributed by atoms with Crippen LogP contribution in [0, 0.1) is 6.92 Å². The average molecular weight is 682 g/mol. The van der Waals surface area contributed by atoms with Gasteiger partial charge < -0.3 is 9.13 Å². The van der Waals surface area contributed by atoms with Crippen LogP contribution in [-0.4, -0.2) is 9.13 Å². The van der Waals surface area contributed by atoms with Gasteiger partial charge in [-0.2, -0.15) is 0 Å². The van der Waals surface area contributed by atoms with Crippen LogP contribution in [0.25, 0.3) is 88.4 Å². The lowest BCUT2D eigenvalue weighted by atomic mass is 9.98. The molecule has 0 aliphatic heterocycles. The van der Waals surface area contributed by atoms with Gasteiger partial charge in [0.2, 0.25) is 0 Å². The minimum atomic E-state index is -1.04. The van der Waals surface area contributed by atoms with E-state index < -0.39 is 276 Å². The lowest BCUT2D eigenvalue weighted by Gasteiger charge is -2.13. The third kappa shape index (κ3) is 4.80. The molecule has 0 saturated heterocycles. The number of fused-ring (bicyclic) bond motifs is 6. The van der Waals surface area contributed by atoms with Gasteiger partial charge in [-0.05, 0) is 106 Å². The average Bonchev–Trinajstić information content (AvgIpc) is 1.87. The predicted molar refractivity (Wildman–Crippen MR) is 216 cm³/mol. The number of benzene rings is 8. The molecule has 0 amide bonds. The van der Waals surface area contributed by atoms with Crippen molar-refractivity contribution in [3.63, 3.8) is 0 Å². The second-order valence-corrected chi connectivity index (χ2v) is 11.0. The Labute approximate surface area is 340 Å². The van der Waals surface area contributed by atoms with Crippen molar-refractivity contribution in [1.82, 2.24) is 9.13 Å². The summed E-state index contributed by atoms with van der Waals surface area (Å²) in [5.74, 6) is 0. The van der Waals surface area contributed by atoms with Crippen molar-refractivity contribution in [2.45, 2.75) is 6.92 Å². The van der Waals surface area contributed by atoms with E-state index in [4.69, 9.17) is 26.0 Å². The highest BCUT2D eigenvalue weighted by Crippen LogP contribution is 2.40. The predicted octanol–water partition coefficient (Wildman–Crippen LogP) is 13.2. The van der Waals surface area contributed by atoms with Gasteiger partial charge in [0, 0.05) is 32.9 Å². The molecule has 0 unspecified atom stereocenters. The highest BCUT2D eigenvalue weighted by atomic mass is 15.0. The highest BCUT2D eigenvalue weighted by molar-refractivity contribution is 6.13. The first-order valence-electron chi connectivity index (χ1n) is 30.6. The van der Waals surface area contributed by atoms with Crippen molar-refractivity contribution in [2.75, 3.05) is 0 Å². The maximum absolute atomic E-state index is 9.96. The molecule has 2 heteroatoms. The van der Waals surface area contributed by atoms with Gasteiger partial charge >= 0.3 is 0 Å². The molecule has 0 N–H and O–H groups in total.